The van der Waals surface area contributed by atoms with Gasteiger partial charge in [0, 0.05) is 54.0 Å². The average molecular weight is 816 g/mol. The van der Waals surface area contributed by atoms with Crippen molar-refractivity contribution in [2.24, 2.45) is 11.0 Å². The monoisotopic (exact) mass is 815 g/mol. The second-order valence-corrected chi connectivity index (χ2v) is 16.4. The molecule has 1 aromatic carbocycles. The third kappa shape index (κ3) is 11.3. The number of amides is 2. The second-order valence-electron chi connectivity index (χ2n) is 16.4. The van der Waals surface area contributed by atoms with Gasteiger partial charge in [-0.05, 0) is 122 Å². The van der Waals surface area contributed by atoms with E-state index in [-0.39, 0.29) is 47.1 Å². The predicted octanol–water partition coefficient (Wildman–Crippen LogP) is 4.93. The van der Waals surface area contributed by atoms with Crippen LogP contribution < -0.4 is 10.6 Å². The summed E-state index contributed by atoms with van der Waals surface area (Å²) in [4.78, 5) is 48.4. The van der Waals surface area contributed by atoms with Gasteiger partial charge in [-0.15, -0.1) is 0 Å². The SMILES string of the molecule is CC(C)N(C)[C@@H]1CC[C@H](N2CC[C@H](Nc3ncnc4ccc(C(F)(F)F)cc34)C2=O)[C@H](NC(=O)C2CCN(C3CCN(CCOCCOCCN=[N+]=[N-])CC3)CC2)C1. The van der Waals surface area contributed by atoms with Crippen LogP contribution in [-0.4, -0.2) is 157 Å². The molecule has 1 saturated carbocycles. The van der Waals surface area contributed by atoms with Gasteiger partial charge in [-0.25, -0.2) is 9.97 Å². The van der Waals surface area contributed by atoms with Gasteiger partial charge >= 0.3 is 6.18 Å². The Morgan fingerprint density at radius 3 is 2.45 bits per heavy atom. The number of anilines is 1. The molecule has 4 heterocycles. The summed E-state index contributed by atoms with van der Waals surface area (Å²) >= 11 is 0. The van der Waals surface area contributed by atoms with Gasteiger partial charge in [-0.1, -0.05) is 5.11 Å². The minimum Gasteiger partial charge on any atom is -0.379 e. The first-order chi connectivity index (χ1) is 27.9. The zero-order chi connectivity index (χ0) is 41.2. The Bertz CT molecular complexity index is 1710. The molecule has 3 aliphatic heterocycles. The van der Waals surface area contributed by atoms with Crippen LogP contribution in [0.25, 0.3) is 21.3 Å². The summed E-state index contributed by atoms with van der Waals surface area (Å²) in [6, 6.07) is 3.39. The zero-order valence-corrected chi connectivity index (χ0v) is 34.1. The molecule has 18 heteroatoms. The Hall–Kier alpha value is -3.80. The molecule has 2 N–H and O–H groups in total. The third-order valence-corrected chi connectivity index (χ3v) is 12.7. The number of aromatic nitrogens is 2. The standard InChI is InChI=1S/C40H60F3N11O4/c1-27(2)51(3)31-5-7-36(54-18-12-34(39(54)56)48-37-32-24-29(40(41,42)43)4-6-33(32)45-26-46-37)35(25-31)49-38(55)28-8-16-53(17-9-28)30-10-14-52(15-11-30)19-21-58-23-22-57-20-13-47-50-44/h4,6,24,26-28,30-31,34-36H,5,7-23,25H2,1-3H3,(H,49,55)(H,45,46,48)/t31-,34+,35-,36+/m1/s1. The van der Waals surface area contributed by atoms with Crippen LogP contribution in [0.4, 0.5) is 19.0 Å². The Balaban J connectivity index is 0.997. The van der Waals surface area contributed by atoms with Crippen molar-refractivity contribution in [3.8, 4) is 0 Å². The molecule has 1 aromatic heterocycles. The van der Waals surface area contributed by atoms with Gasteiger partial charge in [0.15, 0.2) is 0 Å². The highest BCUT2D eigenvalue weighted by atomic mass is 19.4. The highest BCUT2D eigenvalue weighted by Gasteiger charge is 2.44. The summed E-state index contributed by atoms with van der Waals surface area (Å²) < 4.78 is 51.8. The first-order valence-corrected chi connectivity index (χ1v) is 21.0. The smallest absolute Gasteiger partial charge is 0.379 e. The number of ether oxygens (including phenoxy) is 2. The number of azide groups is 1. The van der Waals surface area contributed by atoms with E-state index in [1.165, 1.54) is 12.4 Å². The first-order valence-electron chi connectivity index (χ1n) is 21.0. The van der Waals surface area contributed by atoms with Crippen molar-refractivity contribution in [2.45, 2.75) is 108 Å². The maximum atomic E-state index is 14.0. The quantitative estimate of drug-likeness (QED) is 0.0970. The van der Waals surface area contributed by atoms with E-state index in [0.717, 1.165) is 89.8 Å². The molecular weight excluding hydrogens is 756 g/mol. The highest BCUT2D eigenvalue weighted by Crippen LogP contribution is 2.35. The van der Waals surface area contributed by atoms with Gasteiger partial charge in [0.25, 0.3) is 0 Å². The van der Waals surface area contributed by atoms with Crippen LogP contribution >= 0.6 is 0 Å². The van der Waals surface area contributed by atoms with Crippen LogP contribution in [0.3, 0.4) is 0 Å². The number of fused-ring (bicyclic) bond motifs is 1. The summed E-state index contributed by atoms with van der Waals surface area (Å²) in [5, 5.41) is 10.3. The molecule has 0 spiro atoms. The average Bonchev–Trinajstić information content (AvgIpc) is 3.58. The van der Waals surface area contributed by atoms with Crippen molar-refractivity contribution in [1.82, 2.24) is 34.9 Å². The molecule has 0 unspecified atom stereocenters. The molecule has 0 bridgehead atoms. The van der Waals surface area contributed by atoms with Gasteiger partial charge in [0.2, 0.25) is 11.8 Å². The van der Waals surface area contributed by atoms with Crippen molar-refractivity contribution in [2.75, 3.05) is 84.6 Å². The number of carbonyl (C=O) groups excluding carboxylic acids is 2. The lowest BCUT2D eigenvalue weighted by atomic mass is 9.83. The molecule has 3 saturated heterocycles. The predicted molar refractivity (Wildman–Crippen MR) is 214 cm³/mol. The number of nitrogens with zero attached hydrogens (tertiary/aromatic N) is 9. The van der Waals surface area contributed by atoms with Crippen molar-refractivity contribution in [1.29, 1.82) is 0 Å². The highest BCUT2D eigenvalue weighted by molar-refractivity contribution is 5.93. The number of halogens is 3. The van der Waals surface area contributed by atoms with E-state index in [1.807, 2.05) is 4.90 Å². The molecule has 0 radical (unpaired) electrons. The summed E-state index contributed by atoms with van der Waals surface area (Å²) in [5.41, 5.74) is 7.86. The lowest BCUT2D eigenvalue weighted by molar-refractivity contribution is -0.137. The van der Waals surface area contributed by atoms with Gasteiger partial charge in [-0.3, -0.25) is 9.59 Å². The van der Waals surface area contributed by atoms with Crippen LogP contribution in [0.2, 0.25) is 0 Å². The summed E-state index contributed by atoms with van der Waals surface area (Å²) in [5.74, 6) is 0.0460. The number of likely N-dealkylation sites (tertiary alicyclic amines) is 3. The Morgan fingerprint density at radius 2 is 1.74 bits per heavy atom. The van der Waals surface area contributed by atoms with E-state index in [0.29, 0.717) is 63.5 Å². The van der Waals surface area contributed by atoms with Gasteiger partial charge in [0.05, 0.1) is 49.6 Å². The second kappa shape index (κ2) is 20.4. The van der Waals surface area contributed by atoms with Gasteiger partial charge in [-0.2, -0.15) is 13.2 Å². The minimum absolute atomic E-state index is 0.0626. The number of piperidine rings is 2. The fourth-order valence-corrected chi connectivity index (χ4v) is 9.13. The lowest BCUT2D eigenvalue weighted by Crippen LogP contribution is -2.59. The molecular formula is C40H60F3N11O4. The van der Waals surface area contributed by atoms with Crippen molar-refractivity contribution in [3.63, 3.8) is 0 Å². The number of benzene rings is 1. The number of alkyl halides is 3. The normalized spacial score (nSPS) is 24.5. The Morgan fingerprint density at radius 1 is 1.00 bits per heavy atom. The van der Waals surface area contributed by atoms with Crippen molar-refractivity contribution < 1.29 is 32.2 Å². The summed E-state index contributed by atoms with van der Waals surface area (Å²) in [6.07, 6.45) is 3.40. The van der Waals surface area contributed by atoms with E-state index < -0.39 is 17.8 Å². The maximum absolute atomic E-state index is 14.0. The Labute approximate surface area is 339 Å². The fraction of sp³-hybridized carbons (Fsp3) is 0.750. The van der Waals surface area contributed by atoms with Crippen LogP contribution in [0.1, 0.15) is 70.8 Å². The topological polar surface area (TPSA) is 164 Å². The maximum Gasteiger partial charge on any atom is 0.416 e. The molecule has 6 rings (SSSR count). The van der Waals surface area contributed by atoms with Crippen LogP contribution in [0, 0.1) is 5.92 Å². The van der Waals surface area contributed by atoms with Crippen molar-refractivity contribution in [3.05, 3.63) is 40.5 Å². The van der Waals surface area contributed by atoms with E-state index in [9.17, 15) is 22.8 Å². The van der Waals surface area contributed by atoms with Crippen LogP contribution in [0.15, 0.2) is 29.6 Å². The molecule has 4 fully saturated rings. The number of hydrogen-bond acceptors (Lipinski definition) is 11. The third-order valence-electron chi connectivity index (χ3n) is 12.7. The van der Waals surface area contributed by atoms with E-state index in [2.05, 4.69) is 66.2 Å². The number of nitrogens with one attached hydrogen (secondary N) is 2. The number of rotatable bonds is 17. The van der Waals surface area contributed by atoms with Gasteiger partial charge in [0.1, 0.15) is 18.2 Å². The van der Waals surface area contributed by atoms with Crippen molar-refractivity contribution >= 4 is 28.5 Å². The number of carbonyl (C=O) groups is 2. The summed E-state index contributed by atoms with van der Waals surface area (Å²) in [7, 11) is 2.12. The molecule has 2 amide bonds. The molecule has 4 aliphatic rings. The van der Waals surface area contributed by atoms with E-state index in [1.54, 1.807) is 0 Å². The zero-order valence-electron chi connectivity index (χ0n) is 34.1. The largest absolute Gasteiger partial charge is 0.416 e. The Kier molecular flexibility index (Phi) is 15.4. The molecule has 2 aromatic rings. The van der Waals surface area contributed by atoms with Crippen LogP contribution in [0.5, 0.6) is 0 Å². The lowest BCUT2D eigenvalue weighted by Gasteiger charge is -2.45. The minimum atomic E-state index is -4.52. The fourth-order valence-electron chi connectivity index (χ4n) is 9.13. The molecule has 15 nitrogen and oxygen atoms in total. The first kappa shape index (κ1) is 43.8. The van der Waals surface area contributed by atoms with Gasteiger partial charge < -0.3 is 39.7 Å². The van der Waals surface area contributed by atoms with E-state index >= 15 is 0 Å². The van der Waals surface area contributed by atoms with E-state index in [4.69, 9.17) is 15.0 Å². The number of hydrogen-bond donors (Lipinski definition) is 2. The van der Waals surface area contributed by atoms with Crippen LogP contribution in [-0.2, 0) is 25.2 Å². The summed E-state index contributed by atoms with van der Waals surface area (Å²) in [6.45, 7) is 11.9. The molecule has 4 atom stereocenters. The molecule has 58 heavy (non-hydrogen) atoms. The molecule has 320 valence electrons. The molecule has 1 aliphatic carbocycles.